The lowest BCUT2D eigenvalue weighted by Gasteiger charge is -2.14. The summed E-state index contributed by atoms with van der Waals surface area (Å²) in [5.74, 6) is 0.788. The third kappa shape index (κ3) is 4.49. The molecule has 1 amide bonds. The molecule has 0 unspecified atom stereocenters. The zero-order chi connectivity index (χ0) is 16.7. The molecule has 0 bridgehead atoms. The van der Waals surface area contributed by atoms with E-state index in [1.54, 1.807) is 7.11 Å². The highest BCUT2D eigenvalue weighted by atomic mass is 16.5. The molecule has 0 radical (unpaired) electrons. The number of rotatable bonds is 7. The molecule has 2 aromatic carbocycles. The summed E-state index contributed by atoms with van der Waals surface area (Å²) in [5.41, 5.74) is 4.09. The third-order valence-electron chi connectivity index (χ3n) is 3.78. The number of aryl methyl sites for hydroxylation is 2. The van der Waals surface area contributed by atoms with Crippen molar-refractivity contribution in [3.63, 3.8) is 0 Å². The third-order valence-corrected chi connectivity index (χ3v) is 3.78. The average Bonchev–Trinajstić information content (AvgIpc) is 2.57. The first kappa shape index (κ1) is 16.9. The van der Waals surface area contributed by atoms with Crippen LogP contribution in [0.1, 0.15) is 24.5 Å². The van der Waals surface area contributed by atoms with Gasteiger partial charge in [-0.05, 0) is 36.6 Å². The molecule has 4 heteroatoms. The van der Waals surface area contributed by atoms with Crippen molar-refractivity contribution in [3.05, 3.63) is 53.6 Å². The van der Waals surface area contributed by atoms with Crippen LogP contribution < -0.4 is 15.4 Å². The van der Waals surface area contributed by atoms with Crippen LogP contribution in [0.25, 0.3) is 0 Å². The van der Waals surface area contributed by atoms with Crippen LogP contribution in [0.3, 0.4) is 0 Å². The van der Waals surface area contributed by atoms with Crippen LogP contribution in [0.5, 0.6) is 5.75 Å². The Morgan fingerprint density at radius 2 is 1.91 bits per heavy atom. The molecule has 0 atom stereocenters. The molecule has 0 fully saturated rings. The quantitative estimate of drug-likeness (QED) is 0.812. The maximum atomic E-state index is 12.2. The van der Waals surface area contributed by atoms with Gasteiger partial charge in [-0.15, -0.1) is 0 Å². The fourth-order valence-electron chi connectivity index (χ4n) is 2.51. The number of para-hydroxylation sites is 3. The lowest BCUT2D eigenvalue weighted by Crippen LogP contribution is -2.18. The molecule has 0 aliphatic carbocycles. The maximum Gasteiger partial charge on any atom is 0.226 e. The van der Waals surface area contributed by atoms with E-state index in [4.69, 9.17) is 4.74 Å². The molecule has 23 heavy (non-hydrogen) atoms. The Labute approximate surface area is 137 Å². The average molecular weight is 312 g/mol. The number of nitrogens with one attached hydrogen (secondary N) is 2. The molecule has 2 aromatic rings. The maximum absolute atomic E-state index is 12.2. The number of amides is 1. The summed E-state index contributed by atoms with van der Waals surface area (Å²) in [6.45, 7) is 4.66. The van der Waals surface area contributed by atoms with Crippen LogP contribution in [0, 0.1) is 6.92 Å². The number of methoxy groups -OCH3 is 1. The molecule has 2 N–H and O–H groups in total. The van der Waals surface area contributed by atoms with Gasteiger partial charge in [-0.25, -0.2) is 0 Å². The first-order chi connectivity index (χ1) is 11.2. The van der Waals surface area contributed by atoms with Crippen molar-refractivity contribution in [2.75, 3.05) is 24.3 Å². The molecule has 0 spiro atoms. The van der Waals surface area contributed by atoms with Gasteiger partial charge in [0.05, 0.1) is 12.8 Å². The van der Waals surface area contributed by atoms with Gasteiger partial charge < -0.3 is 15.4 Å². The van der Waals surface area contributed by atoms with Crippen molar-refractivity contribution < 1.29 is 9.53 Å². The molecule has 0 aromatic heterocycles. The summed E-state index contributed by atoms with van der Waals surface area (Å²) in [6.07, 6.45) is 1.30. The van der Waals surface area contributed by atoms with Gasteiger partial charge in [-0.3, -0.25) is 4.79 Å². The minimum atomic E-state index is 0.0106. The normalized spacial score (nSPS) is 10.2. The molecule has 0 aliphatic heterocycles. The molecule has 0 heterocycles. The predicted octanol–water partition coefficient (Wildman–Crippen LogP) is 4.01. The summed E-state index contributed by atoms with van der Waals surface area (Å²) in [7, 11) is 1.64. The van der Waals surface area contributed by atoms with E-state index in [0.29, 0.717) is 13.0 Å². The second kappa shape index (κ2) is 8.22. The molecule has 0 saturated heterocycles. The zero-order valence-corrected chi connectivity index (χ0v) is 14.0. The lowest BCUT2D eigenvalue weighted by atomic mass is 10.1. The Morgan fingerprint density at radius 3 is 2.65 bits per heavy atom. The summed E-state index contributed by atoms with van der Waals surface area (Å²) in [4.78, 5) is 12.2. The fourth-order valence-corrected chi connectivity index (χ4v) is 2.51. The van der Waals surface area contributed by atoms with Crippen LogP contribution in [0.2, 0.25) is 0 Å². The number of anilines is 2. The van der Waals surface area contributed by atoms with E-state index in [9.17, 15) is 4.79 Å². The summed E-state index contributed by atoms with van der Waals surface area (Å²) in [6, 6.07) is 13.8. The highest BCUT2D eigenvalue weighted by Crippen LogP contribution is 2.23. The SMILES string of the molecule is CCc1cccc(C)c1NC(=O)CCNc1ccccc1OC. The molecular weight excluding hydrogens is 288 g/mol. The van der Waals surface area contributed by atoms with E-state index < -0.39 is 0 Å². The molecule has 122 valence electrons. The lowest BCUT2D eigenvalue weighted by molar-refractivity contribution is -0.115. The monoisotopic (exact) mass is 312 g/mol. The van der Waals surface area contributed by atoms with Crippen LogP contribution in [0.15, 0.2) is 42.5 Å². The first-order valence-corrected chi connectivity index (χ1v) is 7.91. The Morgan fingerprint density at radius 1 is 1.13 bits per heavy atom. The predicted molar refractivity (Wildman–Crippen MR) is 95.3 cm³/mol. The van der Waals surface area contributed by atoms with Crippen molar-refractivity contribution in [1.29, 1.82) is 0 Å². The van der Waals surface area contributed by atoms with E-state index in [2.05, 4.69) is 23.6 Å². The Kier molecular flexibility index (Phi) is 6.03. The van der Waals surface area contributed by atoms with Gasteiger partial charge in [0, 0.05) is 18.7 Å². The van der Waals surface area contributed by atoms with Crippen molar-refractivity contribution in [2.45, 2.75) is 26.7 Å². The van der Waals surface area contributed by atoms with Crippen LogP contribution in [-0.4, -0.2) is 19.6 Å². The van der Waals surface area contributed by atoms with Crippen molar-refractivity contribution >= 4 is 17.3 Å². The van der Waals surface area contributed by atoms with E-state index in [0.717, 1.165) is 34.7 Å². The largest absolute Gasteiger partial charge is 0.495 e. The number of ether oxygens (including phenoxy) is 1. The summed E-state index contributed by atoms with van der Waals surface area (Å²) >= 11 is 0. The van der Waals surface area contributed by atoms with Gasteiger partial charge in [0.1, 0.15) is 5.75 Å². The Hall–Kier alpha value is -2.49. The first-order valence-electron chi connectivity index (χ1n) is 7.91. The fraction of sp³-hybridized carbons (Fsp3) is 0.316. The van der Waals surface area contributed by atoms with E-state index in [1.807, 2.05) is 43.3 Å². The second-order valence-corrected chi connectivity index (χ2v) is 5.39. The van der Waals surface area contributed by atoms with Crippen LogP contribution in [0.4, 0.5) is 11.4 Å². The zero-order valence-electron chi connectivity index (χ0n) is 14.0. The van der Waals surface area contributed by atoms with Gasteiger partial charge in [0.25, 0.3) is 0 Å². The standard InChI is InChI=1S/C19H24N2O2/c1-4-15-9-7-8-14(2)19(15)21-18(22)12-13-20-16-10-5-6-11-17(16)23-3/h5-11,20H,4,12-13H2,1-3H3,(H,21,22). The van der Waals surface area contributed by atoms with E-state index >= 15 is 0 Å². The Balaban J connectivity index is 1.91. The minimum absolute atomic E-state index is 0.0106. The molecule has 2 rings (SSSR count). The van der Waals surface area contributed by atoms with E-state index in [-0.39, 0.29) is 5.91 Å². The number of carbonyl (C=O) groups is 1. The van der Waals surface area contributed by atoms with Crippen molar-refractivity contribution in [3.8, 4) is 5.75 Å². The number of hydrogen-bond acceptors (Lipinski definition) is 3. The van der Waals surface area contributed by atoms with E-state index in [1.165, 1.54) is 0 Å². The summed E-state index contributed by atoms with van der Waals surface area (Å²) < 4.78 is 5.28. The molecule has 4 nitrogen and oxygen atoms in total. The highest BCUT2D eigenvalue weighted by molar-refractivity contribution is 5.92. The second-order valence-electron chi connectivity index (χ2n) is 5.39. The number of carbonyl (C=O) groups excluding carboxylic acids is 1. The van der Waals surface area contributed by atoms with Gasteiger partial charge in [0.2, 0.25) is 5.91 Å². The number of benzene rings is 2. The smallest absolute Gasteiger partial charge is 0.226 e. The van der Waals surface area contributed by atoms with Gasteiger partial charge in [-0.2, -0.15) is 0 Å². The van der Waals surface area contributed by atoms with Gasteiger partial charge in [-0.1, -0.05) is 37.3 Å². The van der Waals surface area contributed by atoms with Gasteiger partial charge in [0.15, 0.2) is 0 Å². The van der Waals surface area contributed by atoms with Crippen LogP contribution in [-0.2, 0) is 11.2 Å². The molecular formula is C19H24N2O2. The minimum Gasteiger partial charge on any atom is -0.495 e. The van der Waals surface area contributed by atoms with Crippen molar-refractivity contribution in [1.82, 2.24) is 0 Å². The van der Waals surface area contributed by atoms with Gasteiger partial charge >= 0.3 is 0 Å². The number of hydrogen-bond donors (Lipinski definition) is 2. The molecule has 0 aliphatic rings. The van der Waals surface area contributed by atoms with Crippen LogP contribution >= 0.6 is 0 Å². The molecule has 0 saturated carbocycles. The Bertz CT molecular complexity index is 668. The topological polar surface area (TPSA) is 50.4 Å². The summed E-state index contributed by atoms with van der Waals surface area (Å²) in [5, 5.41) is 6.27. The van der Waals surface area contributed by atoms with Crippen molar-refractivity contribution in [2.24, 2.45) is 0 Å². The highest BCUT2D eigenvalue weighted by Gasteiger charge is 2.09.